The zero-order valence-electron chi connectivity index (χ0n) is 16.8. The first kappa shape index (κ1) is 19.6. The maximum Gasteiger partial charge on any atom is 0.163 e. The zero-order valence-corrected chi connectivity index (χ0v) is 16.8. The molecule has 1 saturated heterocycles. The topological polar surface area (TPSA) is 60.2 Å². The lowest BCUT2D eigenvalue weighted by molar-refractivity contribution is 0.184. The summed E-state index contributed by atoms with van der Waals surface area (Å²) in [5.74, 6) is 1.79. The Bertz CT molecular complexity index is 840. The van der Waals surface area contributed by atoms with E-state index < -0.39 is 0 Å². The number of halogens is 1. The minimum absolute atomic E-state index is 0.251. The molecular weight excluding hydrogens is 373 g/mol. The normalized spacial score (nSPS) is 17.1. The highest BCUT2D eigenvalue weighted by molar-refractivity contribution is 5.62. The average molecular weight is 401 g/mol. The van der Waals surface area contributed by atoms with Crippen LogP contribution in [0.5, 0.6) is 17.2 Å². The van der Waals surface area contributed by atoms with Gasteiger partial charge in [-0.15, -0.1) is 0 Å². The van der Waals surface area contributed by atoms with Gasteiger partial charge in [0.2, 0.25) is 0 Å². The maximum absolute atomic E-state index is 13.4. The Kier molecular flexibility index (Phi) is 5.94. The third kappa shape index (κ3) is 4.50. The fourth-order valence-corrected chi connectivity index (χ4v) is 4.08. The van der Waals surface area contributed by atoms with E-state index in [4.69, 9.17) is 19.9 Å². The molecule has 7 heteroatoms. The van der Waals surface area contributed by atoms with E-state index >= 15 is 0 Å². The fourth-order valence-electron chi connectivity index (χ4n) is 4.08. The minimum atomic E-state index is -0.251. The van der Waals surface area contributed by atoms with Crippen LogP contribution >= 0.6 is 0 Å². The third-order valence-electron chi connectivity index (χ3n) is 5.65. The van der Waals surface area contributed by atoms with Gasteiger partial charge in [0.05, 0.1) is 19.4 Å². The molecule has 0 bridgehead atoms. The Labute approximate surface area is 170 Å². The highest BCUT2D eigenvalue weighted by Crippen LogP contribution is 2.37. The lowest BCUT2D eigenvalue weighted by Crippen LogP contribution is -2.45. The molecule has 29 heavy (non-hydrogen) atoms. The molecule has 0 radical (unpaired) electrons. The molecule has 0 spiro atoms. The Balaban J connectivity index is 1.21. The van der Waals surface area contributed by atoms with Gasteiger partial charge < -0.3 is 29.7 Å². The number of piperidine rings is 1. The second kappa shape index (κ2) is 8.78. The number of ether oxygens (including phenoxy) is 3. The first-order chi connectivity index (χ1) is 14.1. The van der Waals surface area contributed by atoms with Crippen LogP contribution in [-0.4, -0.2) is 51.0 Å². The molecule has 156 valence electrons. The molecule has 0 aromatic heterocycles. The van der Waals surface area contributed by atoms with Crippen molar-refractivity contribution in [3.8, 4) is 17.2 Å². The van der Waals surface area contributed by atoms with Crippen LogP contribution in [-0.2, 0) is 0 Å². The Morgan fingerprint density at radius 2 is 1.97 bits per heavy atom. The summed E-state index contributed by atoms with van der Waals surface area (Å²) in [7, 11) is 1.63. The standard InChI is InChI=1S/C22H28FN3O3/c1-27-20-6-4-17(24)14-22(20)28-12-2-9-25-10-7-18(8-11-25)26-15-29-21-13-16(23)3-5-19(21)26/h3-6,13-14,18H,2,7-12,15,24H2,1H3. The van der Waals surface area contributed by atoms with Gasteiger partial charge in [-0.05, 0) is 43.5 Å². The van der Waals surface area contributed by atoms with Crippen molar-refractivity contribution < 1.29 is 18.6 Å². The lowest BCUT2D eigenvalue weighted by Gasteiger charge is -2.36. The van der Waals surface area contributed by atoms with Crippen molar-refractivity contribution in [2.24, 2.45) is 0 Å². The van der Waals surface area contributed by atoms with Gasteiger partial charge in [-0.1, -0.05) is 0 Å². The molecular formula is C22H28FN3O3. The predicted molar refractivity (Wildman–Crippen MR) is 111 cm³/mol. The summed E-state index contributed by atoms with van der Waals surface area (Å²) in [6.07, 6.45) is 3.09. The van der Waals surface area contributed by atoms with Crippen molar-refractivity contribution in [1.82, 2.24) is 4.90 Å². The van der Waals surface area contributed by atoms with Crippen molar-refractivity contribution >= 4 is 11.4 Å². The highest BCUT2D eigenvalue weighted by Gasteiger charge is 2.30. The Morgan fingerprint density at radius 3 is 2.76 bits per heavy atom. The number of nitrogens with two attached hydrogens (primary N) is 1. The van der Waals surface area contributed by atoms with Crippen LogP contribution in [0.4, 0.5) is 15.8 Å². The highest BCUT2D eigenvalue weighted by atomic mass is 19.1. The number of nitrogen functional groups attached to an aromatic ring is 1. The molecule has 0 unspecified atom stereocenters. The molecule has 2 aromatic carbocycles. The summed E-state index contributed by atoms with van der Waals surface area (Å²) in [5, 5.41) is 0. The molecule has 2 aromatic rings. The molecule has 2 aliphatic rings. The molecule has 2 aliphatic heterocycles. The van der Waals surface area contributed by atoms with Gasteiger partial charge in [0, 0.05) is 43.5 Å². The van der Waals surface area contributed by atoms with Gasteiger partial charge >= 0.3 is 0 Å². The third-order valence-corrected chi connectivity index (χ3v) is 5.65. The SMILES string of the molecule is COc1ccc(N)cc1OCCCN1CCC(N2COc3cc(F)ccc32)CC1. The van der Waals surface area contributed by atoms with E-state index in [0.717, 1.165) is 44.6 Å². The number of fused-ring (bicyclic) bond motifs is 1. The summed E-state index contributed by atoms with van der Waals surface area (Å²) < 4.78 is 30.2. The number of hydrogen-bond donors (Lipinski definition) is 1. The minimum Gasteiger partial charge on any atom is -0.493 e. The number of likely N-dealkylation sites (tertiary alicyclic amines) is 1. The van der Waals surface area contributed by atoms with Crippen LogP contribution in [0, 0.1) is 5.82 Å². The van der Waals surface area contributed by atoms with Gasteiger partial charge in [0.1, 0.15) is 11.6 Å². The summed E-state index contributed by atoms with van der Waals surface area (Å²) in [6.45, 7) is 4.21. The van der Waals surface area contributed by atoms with Crippen molar-refractivity contribution in [2.45, 2.75) is 25.3 Å². The number of rotatable bonds is 7. The molecule has 0 amide bonds. The summed E-state index contributed by atoms with van der Waals surface area (Å²) in [4.78, 5) is 4.74. The maximum atomic E-state index is 13.4. The first-order valence-corrected chi connectivity index (χ1v) is 10.1. The Morgan fingerprint density at radius 1 is 1.14 bits per heavy atom. The largest absolute Gasteiger partial charge is 0.493 e. The van der Waals surface area contributed by atoms with Crippen LogP contribution in [0.15, 0.2) is 36.4 Å². The van der Waals surface area contributed by atoms with Crippen molar-refractivity contribution in [2.75, 3.05) is 50.7 Å². The van der Waals surface area contributed by atoms with Gasteiger partial charge in [-0.3, -0.25) is 0 Å². The van der Waals surface area contributed by atoms with Crippen LogP contribution in [0.3, 0.4) is 0 Å². The van der Waals surface area contributed by atoms with E-state index in [9.17, 15) is 4.39 Å². The molecule has 6 nitrogen and oxygen atoms in total. The van der Waals surface area contributed by atoms with E-state index in [-0.39, 0.29) is 5.82 Å². The molecule has 0 saturated carbocycles. The predicted octanol–water partition coefficient (Wildman–Crippen LogP) is 3.51. The fraction of sp³-hybridized carbons (Fsp3) is 0.455. The first-order valence-electron chi connectivity index (χ1n) is 10.1. The average Bonchev–Trinajstić information content (AvgIpc) is 3.15. The lowest BCUT2D eigenvalue weighted by atomic mass is 10.0. The second-order valence-electron chi connectivity index (χ2n) is 7.54. The molecule has 2 heterocycles. The Hall–Kier alpha value is -2.67. The van der Waals surface area contributed by atoms with Gasteiger partial charge in [0.15, 0.2) is 18.2 Å². The van der Waals surface area contributed by atoms with Gasteiger partial charge in [-0.2, -0.15) is 0 Å². The van der Waals surface area contributed by atoms with Crippen LogP contribution in [0.1, 0.15) is 19.3 Å². The van der Waals surface area contributed by atoms with E-state index in [1.807, 2.05) is 12.1 Å². The number of benzene rings is 2. The van der Waals surface area contributed by atoms with E-state index in [1.54, 1.807) is 19.2 Å². The smallest absolute Gasteiger partial charge is 0.163 e. The number of nitrogens with zero attached hydrogens (tertiary/aromatic N) is 2. The molecule has 1 fully saturated rings. The van der Waals surface area contributed by atoms with Crippen molar-refractivity contribution in [3.63, 3.8) is 0 Å². The summed E-state index contributed by atoms with van der Waals surface area (Å²) in [6, 6.07) is 10.7. The van der Waals surface area contributed by atoms with E-state index in [0.29, 0.717) is 42.3 Å². The van der Waals surface area contributed by atoms with Gasteiger partial charge in [-0.25, -0.2) is 4.39 Å². The molecule has 0 atom stereocenters. The zero-order chi connectivity index (χ0) is 20.2. The monoisotopic (exact) mass is 401 g/mol. The summed E-state index contributed by atoms with van der Waals surface area (Å²) in [5.41, 5.74) is 7.50. The van der Waals surface area contributed by atoms with Crippen LogP contribution in [0.25, 0.3) is 0 Å². The molecule has 2 N–H and O–H groups in total. The molecule has 4 rings (SSSR count). The quantitative estimate of drug-likeness (QED) is 0.566. The van der Waals surface area contributed by atoms with Crippen LogP contribution in [0.2, 0.25) is 0 Å². The van der Waals surface area contributed by atoms with E-state index in [2.05, 4.69) is 9.80 Å². The second-order valence-corrected chi connectivity index (χ2v) is 7.54. The number of anilines is 2. The molecule has 0 aliphatic carbocycles. The van der Waals surface area contributed by atoms with Crippen LogP contribution < -0.4 is 24.8 Å². The number of methoxy groups -OCH3 is 1. The van der Waals surface area contributed by atoms with E-state index in [1.165, 1.54) is 12.1 Å². The van der Waals surface area contributed by atoms with Crippen molar-refractivity contribution in [1.29, 1.82) is 0 Å². The van der Waals surface area contributed by atoms with Crippen molar-refractivity contribution in [3.05, 3.63) is 42.2 Å². The number of hydrogen-bond acceptors (Lipinski definition) is 6. The van der Waals surface area contributed by atoms with Gasteiger partial charge in [0.25, 0.3) is 0 Å². The summed E-state index contributed by atoms with van der Waals surface area (Å²) >= 11 is 0.